The lowest BCUT2D eigenvalue weighted by Crippen LogP contribution is -2.32. The van der Waals surface area contributed by atoms with Crippen molar-refractivity contribution in [3.63, 3.8) is 0 Å². The van der Waals surface area contributed by atoms with Crippen molar-refractivity contribution in [1.29, 1.82) is 0 Å². The summed E-state index contributed by atoms with van der Waals surface area (Å²) in [5, 5.41) is 3.37. The van der Waals surface area contributed by atoms with Crippen LogP contribution in [0.1, 0.15) is 26.3 Å². The molecule has 0 saturated heterocycles. The summed E-state index contributed by atoms with van der Waals surface area (Å²) in [6.07, 6.45) is 0. The highest BCUT2D eigenvalue weighted by Crippen LogP contribution is 2.22. The third-order valence-corrected chi connectivity index (χ3v) is 2.51. The van der Waals surface area contributed by atoms with Crippen molar-refractivity contribution in [1.82, 2.24) is 5.32 Å². The summed E-state index contributed by atoms with van der Waals surface area (Å²) in [7, 11) is 0. The summed E-state index contributed by atoms with van der Waals surface area (Å²) in [5.74, 6) is 0. The van der Waals surface area contributed by atoms with Crippen LogP contribution in [0.3, 0.4) is 0 Å². The van der Waals surface area contributed by atoms with Crippen molar-refractivity contribution in [3.8, 4) is 0 Å². The number of nitrogens with one attached hydrogen (secondary N) is 1. The first-order valence-electron chi connectivity index (χ1n) is 5.13. The highest BCUT2D eigenvalue weighted by molar-refractivity contribution is 5.41. The average molecular weight is 192 g/mol. The number of rotatable bonds is 4. The molecule has 0 atom stereocenters. The van der Waals surface area contributed by atoms with Crippen LogP contribution in [0, 0.1) is 0 Å². The molecule has 2 heteroatoms. The van der Waals surface area contributed by atoms with Gasteiger partial charge in [-0.15, -0.1) is 0 Å². The Labute approximate surface area is 86.5 Å². The Hall–Kier alpha value is -1.02. The molecule has 0 bridgehead atoms. The van der Waals surface area contributed by atoms with Gasteiger partial charge in [0.15, 0.2) is 0 Å². The number of likely N-dealkylation sites (N-methyl/N-ethyl adjacent to an activating group) is 1. The van der Waals surface area contributed by atoms with Gasteiger partial charge in [-0.1, -0.05) is 32.9 Å². The largest absolute Gasteiger partial charge is 0.399 e. The molecule has 0 fully saturated rings. The van der Waals surface area contributed by atoms with Crippen LogP contribution in [0.4, 0.5) is 5.69 Å². The lowest BCUT2D eigenvalue weighted by Gasteiger charge is -2.25. The molecule has 0 spiro atoms. The molecule has 1 rings (SSSR count). The molecule has 0 amide bonds. The van der Waals surface area contributed by atoms with E-state index in [0.717, 1.165) is 18.8 Å². The molecule has 78 valence electrons. The molecule has 0 unspecified atom stereocenters. The van der Waals surface area contributed by atoms with Crippen molar-refractivity contribution in [2.24, 2.45) is 0 Å². The van der Waals surface area contributed by atoms with Gasteiger partial charge in [-0.25, -0.2) is 0 Å². The van der Waals surface area contributed by atoms with E-state index in [2.05, 4.69) is 38.2 Å². The van der Waals surface area contributed by atoms with Crippen LogP contribution >= 0.6 is 0 Å². The van der Waals surface area contributed by atoms with Crippen LogP contribution < -0.4 is 11.1 Å². The third-order valence-electron chi connectivity index (χ3n) is 2.51. The molecular weight excluding hydrogens is 172 g/mol. The van der Waals surface area contributed by atoms with Crippen LogP contribution in [0.15, 0.2) is 24.3 Å². The number of hydrogen-bond donors (Lipinski definition) is 2. The Kier molecular flexibility index (Phi) is 3.53. The second kappa shape index (κ2) is 4.47. The summed E-state index contributed by atoms with van der Waals surface area (Å²) in [6.45, 7) is 8.60. The molecule has 0 heterocycles. The fourth-order valence-corrected chi connectivity index (χ4v) is 1.47. The summed E-state index contributed by atoms with van der Waals surface area (Å²) >= 11 is 0. The Morgan fingerprint density at radius 2 is 1.79 bits per heavy atom. The van der Waals surface area contributed by atoms with Gasteiger partial charge >= 0.3 is 0 Å². The first-order valence-corrected chi connectivity index (χ1v) is 5.13. The zero-order valence-corrected chi connectivity index (χ0v) is 9.30. The maximum atomic E-state index is 5.65. The number of anilines is 1. The molecule has 0 aliphatic rings. The van der Waals surface area contributed by atoms with Gasteiger partial charge in [0.2, 0.25) is 0 Å². The number of hydrogen-bond acceptors (Lipinski definition) is 2. The minimum atomic E-state index is 0.170. The Balaban J connectivity index is 2.75. The van der Waals surface area contributed by atoms with Crippen molar-refractivity contribution < 1.29 is 0 Å². The van der Waals surface area contributed by atoms with Crippen molar-refractivity contribution >= 4 is 5.69 Å². The maximum Gasteiger partial charge on any atom is 0.0314 e. The van der Waals surface area contributed by atoms with Gasteiger partial charge in [0.1, 0.15) is 0 Å². The first kappa shape index (κ1) is 11.1. The molecule has 1 aromatic carbocycles. The van der Waals surface area contributed by atoms with Gasteiger partial charge in [-0.2, -0.15) is 0 Å². The molecule has 0 aromatic heterocycles. The number of nitrogens with two attached hydrogens (primary N) is 1. The molecule has 0 aliphatic carbocycles. The second-order valence-corrected chi connectivity index (χ2v) is 4.29. The van der Waals surface area contributed by atoms with Crippen LogP contribution in [-0.4, -0.2) is 13.1 Å². The van der Waals surface area contributed by atoms with Crippen LogP contribution in [0.25, 0.3) is 0 Å². The molecule has 0 radical (unpaired) electrons. The molecule has 3 N–H and O–H groups in total. The van der Waals surface area contributed by atoms with Crippen LogP contribution in [0.2, 0.25) is 0 Å². The smallest absolute Gasteiger partial charge is 0.0314 e. The quantitative estimate of drug-likeness (QED) is 0.717. The molecular formula is C12H20N2. The Morgan fingerprint density at radius 1 is 1.21 bits per heavy atom. The molecule has 0 saturated carbocycles. The highest BCUT2D eigenvalue weighted by atomic mass is 14.9. The lowest BCUT2D eigenvalue weighted by atomic mass is 9.84. The zero-order chi connectivity index (χ0) is 10.6. The van der Waals surface area contributed by atoms with Gasteiger partial charge < -0.3 is 11.1 Å². The summed E-state index contributed by atoms with van der Waals surface area (Å²) in [5.41, 5.74) is 7.98. The van der Waals surface area contributed by atoms with Crippen molar-refractivity contribution in [2.45, 2.75) is 26.2 Å². The monoisotopic (exact) mass is 192 g/mol. The standard InChI is InChI=1S/C12H20N2/c1-4-14-9-12(2,3)10-5-7-11(13)8-6-10/h5-8,14H,4,9,13H2,1-3H3. The van der Waals surface area contributed by atoms with Crippen molar-refractivity contribution in [3.05, 3.63) is 29.8 Å². The van der Waals surface area contributed by atoms with E-state index in [4.69, 9.17) is 5.73 Å². The van der Waals surface area contributed by atoms with Gasteiger partial charge in [-0.3, -0.25) is 0 Å². The minimum absolute atomic E-state index is 0.170. The summed E-state index contributed by atoms with van der Waals surface area (Å²) in [6, 6.07) is 8.13. The molecule has 0 aliphatic heterocycles. The fourth-order valence-electron chi connectivity index (χ4n) is 1.47. The van der Waals surface area contributed by atoms with E-state index in [1.807, 2.05) is 12.1 Å². The lowest BCUT2D eigenvalue weighted by molar-refractivity contribution is 0.478. The van der Waals surface area contributed by atoms with E-state index >= 15 is 0 Å². The number of benzene rings is 1. The van der Waals surface area contributed by atoms with E-state index in [0.29, 0.717) is 0 Å². The molecule has 14 heavy (non-hydrogen) atoms. The SMILES string of the molecule is CCNCC(C)(C)c1ccc(N)cc1. The highest BCUT2D eigenvalue weighted by Gasteiger charge is 2.19. The average Bonchev–Trinajstić information content (AvgIpc) is 2.16. The first-order chi connectivity index (χ1) is 6.56. The topological polar surface area (TPSA) is 38.0 Å². The third kappa shape index (κ3) is 2.74. The van der Waals surface area contributed by atoms with Crippen LogP contribution in [-0.2, 0) is 5.41 Å². The Bertz CT molecular complexity index is 275. The Morgan fingerprint density at radius 3 is 2.29 bits per heavy atom. The van der Waals surface area contributed by atoms with E-state index in [9.17, 15) is 0 Å². The van der Waals surface area contributed by atoms with Gasteiger partial charge in [0.25, 0.3) is 0 Å². The van der Waals surface area contributed by atoms with Gasteiger partial charge in [0, 0.05) is 17.6 Å². The van der Waals surface area contributed by atoms with Crippen LogP contribution in [0.5, 0.6) is 0 Å². The van der Waals surface area contributed by atoms with Gasteiger partial charge in [0.05, 0.1) is 0 Å². The summed E-state index contributed by atoms with van der Waals surface area (Å²) in [4.78, 5) is 0. The predicted octanol–water partition coefficient (Wildman–Crippen LogP) is 2.16. The van der Waals surface area contributed by atoms with E-state index < -0.39 is 0 Å². The minimum Gasteiger partial charge on any atom is -0.399 e. The second-order valence-electron chi connectivity index (χ2n) is 4.29. The number of nitrogen functional groups attached to an aromatic ring is 1. The van der Waals surface area contributed by atoms with E-state index in [-0.39, 0.29) is 5.41 Å². The van der Waals surface area contributed by atoms with Crippen molar-refractivity contribution in [2.75, 3.05) is 18.8 Å². The predicted molar refractivity (Wildman–Crippen MR) is 62.4 cm³/mol. The molecule has 2 nitrogen and oxygen atoms in total. The zero-order valence-electron chi connectivity index (χ0n) is 9.30. The summed E-state index contributed by atoms with van der Waals surface area (Å²) < 4.78 is 0. The molecule has 1 aromatic rings. The van der Waals surface area contributed by atoms with E-state index in [1.165, 1.54) is 5.56 Å². The maximum absolute atomic E-state index is 5.65. The normalized spacial score (nSPS) is 11.6. The fraction of sp³-hybridized carbons (Fsp3) is 0.500. The van der Waals surface area contributed by atoms with Gasteiger partial charge in [-0.05, 0) is 24.2 Å². The van der Waals surface area contributed by atoms with E-state index in [1.54, 1.807) is 0 Å².